The minimum Gasteiger partial charge on any atom is -0.383 e. The number of para-hydroxylation sites is 2. The first-order valence-electron chi connectivity index (χ1n) is 11.7. The van der Waals surface area contributed by atoms with Gasteiger partial charge in [0.15, 0.2) is 5.65 Å². The summed E-state index contributed by atoms with van der Waals surface area (Å²) in [4.78, 5) is 22.7. The first-order valence-corrected chi connectivity index (χ1v) is 11.7. The Morgan fingerprint density at radius 2 is 1.97 bits per heavy atom. The second kappa shape index (κ2) is 9.47. The number of anilines is 1. The highest BCUT2D eigenvalue weighted by atomic mass is 16.1. The molecule has 1 amide bonds. The molecule has 7 heteroatoms. The van der Waals surface area contributed by atoms with Crippen LogP contribution in [0.5, 0.6) is 0 Å². The first kappa shape index (κ1) is 21.8. The molecule has 0 unspecified atom stereocenters. The number of aromatic nitrogens is 3. The van der Waals surface area contributed by atoms with Crippen LogP contribution in [0.2, 0.25) is 0 Å². The van der Waals surface area contributed by atoms with Crippen LogP contribution < -0.4 is 11.1 Å². The van der Waals surface area contributed by atoms with Crippen LogP contribution in [0.4, 0.5) is 5.82 Å². The molecule has 0 saturated heterocycles. The van der Waals surface area contributed by atoms with Gasteiger partial charge in [0, 0.05) is 6.54 Å². The molecule has 1 aliphatic rings. The SMILES string of the molecule is Cc1cccc(C=Nn2c(N)c(C(=O)NCCC3=CCCCC3)c3nc4ccccc4nc32)c1. The summed E-state index contributed by atoms with van der Waals surface area (Å²) in [7, 11) is 0. The third-order valence-electron chi connectivity index (χ3n) is 6.18. The molecule has 34 heavy (non-hydrogen) atoms. The molecular weight excluding hydrogens is 424 g/mol. The zero-order valence-corrected chi connectivity index (χ0v) is 19.3. The number of nitrogens with two attached hydrogens (primary N) is 1. The number of aryl methyl sites for hydroxylation is 1. The van der Waals surface area contributed by atoms with Crippen LogP contribution in [0, 0.1) is 6.92 Å². The lowest BCUT2D eigenvalue weighted by Crippen LogP contribution is -2.25. The predicted molar refractivity (Wildman–Crippen MR) is 137 cm³/mol. The minimum absolute atomic E-state index is 0.226. The highest BCUT2D eigenvalue weighted by Gasteiger charge is 2.24. The summed E-state index contributed by atoms with van der Waals surface area (Å²) in [6, 6.07) is 15.6. The van der Waals surface area contributed by atoms with Crippen LogP contribution in [0.15, 0.2) is 65.3 Å². The van der Waals surface area contributed by atoms with Crippen molar-refractivity contribution in [1.82, 2.24) is 20.0 Å². The molecule has 5 rings (SSSR count). The summed E-state index contributed by atoms with van der Waals surface area (Å²) in [6.07, 6.45) is 9.59. The van der Waals surface area contributed by atoms with E-state index in [1.807, 2.05) is 55.5 Å². The molecular formula is C27H28N6O. The largest absolute Gasteiger partial charge is 0.383 e. The molecule has 0 fully saturated rings. The summed E-state index contributed by atoms with van der Waals surface area (Å²) in [5.74, 6) is -0.0309. The Bertz CT molecular complexity index is 1430. The van der Waals surface area contributed by atoms with Crippen molar-refractivity contribution in [2.45, 2.75) is 39.0 Å². The summed E-state index contributed by atoms with van der Waals surface area (Å²) in [5.41, 5.74) is 12.6. The lowest BCUT2D eigenvalue weighted by molar-refractivity contribution is 0.0956. The van der Waals surface area contributed by atoms with E-state index >= 15 is 0 Å². The number of carbonyl (C=O) groups excluding carboxylic acids is 1. The summed E-state index contributed by atoms with van der Waals surface area (Å²) >= 11 is 0. The van der Waals surface area contributed by atoms with Gasteiger partial charge in [0.25, 0.3) is 5.91 Å². The fourth-order valence-electron chi connectivity index (χ4n) is 4.42. The number of benzene rings is 2. The van der Waals surface area contributed by atoms with E-state index in [1.54, 1.807) is 6.21 Å². The van der Waals surface area contributed by atoms with E-state index < -0.39 is 0 Å². The van der Waals surface area contributed by atoms with Gasteiger partial charge < -0.3 is 11.1 Å². The molecule has 2 aromatic heterocycles. The van der Waals surface area contributed by atoms with Crippen molar-refractivity contribution < 1.29 is 4.79 Å². The Kier molecular flexibility index (Phi) is 6.08. The number of hydrogen-bond acceptors (Lipinski definition) is 5. The zero-order chi connectivity index (χ0) is 23.5. The number of allylic oxidation sites excluding steroid dienone is 1. The summed E-state index contributed by atoms with van der Waals surface area (Å²) < 4.78 is 1.51. The Morgan fingerprint density at radius 3 is 2.74 bits per heavy atom. The van der Waals surface area contributed by atoms with Gasteiger partial charge >= 0.3 is 0 Å². The van der Waals surface area contributed by atoms with Gasteiger partial charge in [-0.05, 0) is 56.7 Å². The molecule has 4 aromatic rings. The number of nitrogen functional groups attached to an aromatic ring is 1. The van der Waals surface area contributed by atoms with Crippen LogP contribution in [-0.2, 0) is 0 Å². The van der Waals surface area contributed by atoms with E-state index in [0.29, 0.717) is 28.8 Å². The van der Waals surface area contributed by atoms with E-state index in [0.717, 1.165) is 35.9 Å². The number of rotatable bonds is 6. The van der Waals surface area contributed by atoms with E-state index in [9.17, 15) is 4.79 Å². The summed E-state index contributed by atoms with van der Waals surface area (Å²) in [6.45, 7) is 2.59. The van der Waals surface area contributed by atoms with Crippen molar-refractivity contribution in [3.05, 3.63) is 76.9 Å². The molecule has 172 valence electrons. The van der Waals surface area contributed by atoms with Gasteiger partial charge in [-0.25, -0.2) is 9.97 Å². The number of carbonyl (C=O) groups is 1. The molecule has 0 atom stereocenters. The van der Waals surface area contributed by atoms with Gasteiger partial charge in [0.1, 0.15) is 16.9 Å². The second-order valence-corrected chi connectivity index (χ2v) is 8.73. The van der Waals surface area contributed by atoms with E-state index in [4.69, 9.17) is 15.7 Å². The molecule has 3 N–H and O–H groups in total. The topological polar surface area (TPSA) is 98.2 Å². The maximum Gasteiger partial charge on any atom is 0.257 e. The van der Waals surface area contributed by atoms with Gasteiger partial charge in [-0.3, -0.25) is 4.79 Å². The quantitative estimate of drug-likeness (QED) is 0.318. The van der Waals surface area contributed by atoms with Crippen molar-refractivity contribution in [3.8, 4) is 0 Å². The fraction of sp³-hybridized carbons (Fsp3) is 0.259. The lowest BCUT2D eigenvalue weighted by atomic mass is 9.97. The zero-order valence-electron chi connectivity index (χ0n) is 19.3. The van der Waals surface area contributed by atoms with Crippen LogP contribution in [0.1, 0.15) is 53.6 Å². The molecule has 0 radical (unpaired) electrons. The molecule has 0 bridgehead atoms. The smallest absolute Gasteiger partial charge is 0.257 e. The van der Waals surface area contributed by atoms with Crippen molar-refractivity contribution in [2.24, 2.45) is 5.10 Å². The maximum absolute atomic E-state index is 13.2. The van der Waals surface area contributed by atoms with Crippen LogP contribution in [0.25, 0.3) is 22.2 Å². The van der Waals surface area contributed by atoms with Crippen molar-refractivity contribution >= 4 is 40.1 Å². The fourth-order valence-corrected chi connectivity index (χ4v) is 4.42. The molecule has 0 aliphatic heterocycles. The normalized spacial score (nSPS) is 14.1. The molecule has 1 aliphatic carbocycles. The van der Waals surface area contributed by atoms with Gasteiger partial charge in [-0.2, -0.15) is 9.78 Å². The van der Waals surface area contributed by atoms with Gasteiger partial charge in [0.2, 0.25) is 0 Å². The number of nitrogens with one attached hydrogen (secondary N) is 1. The van der Waals surface area contributed by atoms with Crippen molar-refractivity contribution in [1.29, 1.82) is 0 Å². The Balaban J connectivity index is 1.52. The standard InChI is InChI=1S/C27H28N6O/c1-18-8-7-11-20(16-18)17-30-33-25(28)23(27(34)29-15-14-19-9-3-2-4-10-19)24-26(33)32-22-13-6-5-12-21(22)31-24/h5-9,11-13,16-17H,2-4,10,14-15,28H2,1H3,(H,29,34). The molecule has 0 saturated carbocycles. The molecule has 0 spiro atoms. The third kappa shape index (κ3) is 4.41. The molecule has 2 heterocycles. The highest BCUT2D eigenvalue weighted by Crippen LogP contribution is 2.28. The summed E-state index contributed by atoms with van der Waals surface area (Å²) in [5, 5.41) is 7.61. The van der Waals surface area contributed by atoms with Crippen LogP contribution in [-0.4, -0.2) is 33.3 Å². The first-order chi connectivity index (χ1) is 16.6. The van der Waals surface area contributed by atoms with Crippen LogP contribution >= 0.6 is 0 Å². The van der Waals surface area contributed by atoms with Gasteiger partial charge in [-0.1, -0.05) is 53.6 Å². The molecule has 2 aromatic carbocycles. The average molecular weight is 453 g/mol. The minimum atomic E-state index is -0.256. The van der Waals surface area contributed by atoms with Crippen LogP contribution in [0.3, 0.4) is 0 Å². The van der Waals surface area contributed by atoms with Gasteiger partial charge in [0.05, 0.1) is 17.2 Å². The van der Waals surface area contributed by atoms with E-state index in [2.05, 4.69) is 16.5 Å². The number of hydrogen-bond donors (Lipinski definition) is 2. The van der Waals surface area contributed by atoms with Crippen molar-refractivity contribution in [3.63, 3.8) is 0 Å². The predicted octanol–water partition coefficient (Wildman–Crippen LogP) is 4.98. The maximum atomic E-state index is 13.2. The number of fused-ring (bicyclic) bond motifs is 2. The Labute approximate surface area is 198 Å². The van der Waals surface area contributed by atoms with E-state index in [1.165, 1.54) is 23.1 Å². The molecule has 7 nitrogen and oxygen atoms in total. The monoisotopic (exact) mass is 452 g/mol. The number of amides is 1. The van der Waals surface area contributed by atoms with Crippen molar-refractivity contribution in [2.75, 3.05) is 12.3 Å². The van der Waals surface area contributed by atoms with Gasteiger partial charge in [-0.15, -0.1) is 0 Å². The highest BCUT2D eigenvalue weighted by molar-refractivity contribution is 6.10. The second-order valence-electron chi connectivity index (χ2n) is 8.73. The number of nitrogens with zero attached hydrogens (tertiary/aromatic N) is 4. The lowest BCUT2D eigenvalue weighted by Gasteiger charge is -2.12. The Hall–Kier alpha value is -4.00. The Morgan fingerprint density at radius 1 is 1.15 bits per heavy atom. The third-order valence-corrected chi connectivity index (χ3v) is 6.18. The van der Waals surface area contributed by atoms with E-state index in [-0.39, 0.29) is 11.7 Å². The average Bonchev–Trinajstić information content (AvgIpc) is 3.12.